The van der Waals surface area contributed by atoms with Crippen LogP contribution in [0.4, 0.5) is 0 Å². The van der Waals surface area contributed by atoms with Gasteiger partial charge in [-0.05, 0) is 30.3 Å². The van der Waals surface area contributed by atoms with Gasteiger partial charge in [0.2, 0.25) is 10.0 Å². The summed E-state index contributed by atoms with van der Waals surface area (Å²) in [6, 6.07) is 13.5. The number of H-pyrrole nitrogens is 1. The number of sulfonamides is 1. The zero-order chi connectivity index (χ0) is 23.7. The number of carbonyl (C=O) groups is 1. The molecule has 0 bridgehead atoms. The van der Waals surface area contributed by atoms with Gasteiger partial charge in [-0.25, -0.2) is 8.42 Å². The topological polar surface area (TPSA) is 129 Å². The number of nitrogens with one attached hydrogen (secondary N) is 1. The van der Waals surface area contributed by atoms with Crippen molar-refractivity contribution >= 4 is 15.9 Å². The van der Waals surface area contributed by atoms with Crippen LogP contribution in [0.3, 0.4) is 0 Å². The average Bonchev–Trinajstić information content (AvgIpc) is 3.38. The molecule has 0 unspecified atom stereocenters. The zero-order valence-corrected chi connectivity index (χ0v) is 18.9. The molecule has 0 spiro atoms. The molecule has 0 saturated carbocycles. The van der Waals surface area contributed by atoms with E-state index in [-0.39, 0.29) is 42.5 Å². The first-order chi connectivity index (χ1) is 16.5. The molecule has 10 nitrogen and oxygen atoms in total. The highest BCUT2D eigenvalue weighted by atomic mass is 32.2. The van der Waals surface area contributed by atoms with Gasteiger partial charge >= 0.3 is 0 Å². The number of ether oxygens (including phenoxy) is 2. The fourth-order valence-corrected chi connectivity index (χ4v) is 5.66. The first-order valence-electron chi connectivity index (χ1n) is 10.7. The fourth-order valence-electron chi connectivity index (χ4n) is 4.09. The maximum atomic E-state index is 13.3. The second-order valence-corrected chi connectivity index (χ2v) is 9.73. The van der Waals surface area contributed by atoms with Gasteiger partial charge in [-0.3, -0.25) is 9.89 Å². The molecule has 174 valence electrons. The standard InChI is InChI=1S/C23H21N5O5S/c24-14-17-3-1-2-4-21(17)34(30,31)28-9-7-27(8-10-28)23(29)18-15-25-26-22(18)16-5-6-19-20(13-16)33-12-11-32-19/h1-6,13,15H,7-12H2,(H,25,26). The largest absolute Gasteiger partial charge is 0.486 e. The highest BCUT2D eigenvalue weighted by Crippen LogP contribution is 2.35. The Kier molecular flexibility index (Phi) is 5.69. The summed E-state index contributed by atoms with van der Waals surface area (Å²) in [6.45, 7) is 1.65. The third-order valence-electron chi connectivity index (χ3n) is 5.85. The van der Waals surface area contributed by atoms with Gasteiger partial charge in [-0.1, -0.05) is 12.1 Å². The van der Waals surface area contributed by atoms with Crippen LogP contribution in [0.5, 0.6) is 11.5 Å². The number of benzene rings is 2. The van der Waals surface area contributed by atoms with Crippen molar-refractivity contribution in [1.29, 1.82) is 5.26 Å². The number of hydrogen-bond donors (Lipinski definition) is 1. The quantitative estimate of drug-likeness (QED) is 0.605. The number of fused-ring (bicyclic) bond motifs is 1. The Labute approximate surface area is 196 Å². The lowest BCUT2D eigenvalue weighted by molar-refractivity contribution is 0.0698. The normalized spacial score (nSPS) is 16.1. The first-order valence-corrected chi connectivity index (χ1v) is 12.1. The molecule has 5 rings (SSSR count). The molecule has 3 heterocycles. The lowest BCUT2D eigenvalue weighted by Gasteiger charge is -2.34. The molecule has 1 amide bonds. The molecular weight excluding hydrogens is 458 g/mol. The van der Waals surface area contributed by atoms with Gasteiger partial charge in [0.25, 0.3) is 5.91 Å². The molecule has 0 radical (unpaired) electrons. The molecule has 1 aromatic heterocycles. The minimum Gasteiger partial charge on any atom is -0.486 e. The minimum absolute atomic E-state index is 0.0204. The summed E-state index contributed by atoms with van der Waals surface area (Å²) in [6.07, 6.45) is 1.47. The van der Waals surface area contributed by atoms with Crippen molar-refractivity contribution in [1.82, 2.24) is 19.4 Å². The van der Waals surface area contributed by atoms with Gasteiger partial charge in [0.05, 0.1) is 27.9 Å². The predicted octanol–water partition coefficient (Wildman–Crippen LogP) is 1.87. The van der Waals surface area contributed by atoms with E-state index in [0.717, 1.165) is 5.56 Å². The van der Waals surface area contributed by atoms with Crippen LogP contribution in [0, 0.1) is 11.3 Å². The minimum atomic E-state index is -3.84. The summed E-state index contributed by atoms with van der Waals surface area (Å²) in [5, 5.41) is 16.2. The molecule has 0 atom stereocenters. The number of hydrogen-bond acceptors (Lipinski definition) is 7. The Morgan fingerprint density at radius 1 is 1.03 bits per heavy atom. The van der Waals surface area contributed by atoms with Crippen LogP contribution in [-0.4, -0.2) is 73.1 Å². The van der Waals surface area contributed by atoms with Gasteiger partial charge in [-0.2, -0.15) is 14.7 Å². The van der Waals surface area contributed by atoms with E-state index in [9.17, 15) is 18.5 Å². The van der Waals surface area contributed by atoms with E-state index in [1.807, 2.05) is 12.1 Å². The Morgan fingerprint density at radius 3 is 2.53 bits per heavy atom. The van der Waals surface area contributed by atoms with Gasteiger partial charge in [0, 0.05) is 31.7 Å². The summed E-state index contributed by atoms with van der Waals surface area (Å²) in [4.78, 5) is 14.9. The van der Waals surface area contributed by atoms with E-state index in [0.29, 0.717) is 36.0 Å². The summed E-state index contributed by atoms with van der Waals surface area (Å²) < 4.78 is 38.6. The van der Waals surface area contributed by atoms with E-state index >= 15 is 0 Å². The van der Waals surface area contributed by atoms with Gasteiger partial charge in [-0.15, -0.1) is 0 Å². The van der Waals surface area contributed by atoms with Crippen LogP contribution < -0.4 is 9.47 Å². The van der Waals surface area contributed by atoms with Crippen molar-refractivity contribution in [3.63, 3.8) is 0 Å². The van der Waals surface area contributed by atoms with E-state index in [2.05, 4.69) is 10.2 Å². The van der Waals surface area contributed by atoms with Crippen molar-refractivity contribution in [2.45, 2.75) is 4.90 Å². The molecule has 3 aromatic rings. The van der Waals surface area contributed by atoms with Gasteiger partial charge < -0.3 is 14.4 Å². The third-order valence-corrected chi connectivity index (χ3v) is 7.81. The lowest BCUT2D eigenvalue weighted by Crippen LogP contribution is -2.50. The maximum Gasteiger partial charge on any atom is 0.257 e. The van der Waals surface area contributed by atoms with Crippen LogP contribution >= 0.6 is 0 Å². The van der Waals surface area contributed by atoms with E-state index < -0.39 is 10.0 Å². The average molecular weight is 480 g/mol. The van der Waals surface area contributed by atoms with E-state index in [1.165, 1.54) is 22.6 Å². The number of nitriles is 1. The van der Waals surface area contributed by atoms with Crippen LogP contribution in [0.15, 0.2) is 53.6 Å². The molecular formula is C23H21N5O5S. The van der Waals surface area contributed by atoms with Crippen LogP contribution in [0.2, 0.25) is 0 Å². The molecule has 1 fully saturated rings. The number of nitrogens with zero attached hydrogens (tertiary/aromatic N) is 4. The predicted molar refractivity (Wildman–Crippen MR) is 121 cm³/mol. The SMILES string of the molecule is N#Cc1ccccc1S(=O)(=O)N1CCN(C(=O)c2cn[nH]c2-c2ccc3c(c2)OCCO3)CC1. The van der Waals surface area contributed by atoms with Crippen LogP contribution in [0.1, 0.15) is 15.9 Å². The molecule has 1 saturated heterocycles. The van der Waals surface area contributed by atoms with Crippen LogP contribution in [-0.2, 0) is 10.0 Å². The molecule has 0 aliphatic carbocycles. The number of rotatable bonds is 4. The highest BCUT2D eigenvalue weighted by molar-refractivity contribution is 7.89. The van der Waals surface area contributed by atoms with Gasteiger partial charge in [0.15, 0.2) is 11.5 Å². The van der Waals surface area contributed by atoms with Crippen LogP contribution in [0.25, 0.3) is 11.3 Å². The van der Waals surface area contributed by atoms with Crippen molar-refractivity contribution in [2.75, 3.05) is 39.4 Å². The molecule has 2 aliphatic rings. The number of amides is 1. The first kappa shape index (κ1) is 21.9. The molecule has 11 heteroatoms. The summed E-state index contributed by atoms with van der Waals surface area (Å²) in [5.74, 6) is 1.01. The summed E-state index contributed by atoms with van der Waals surface area (Å²) in [5.41, 5.74) is 1.78. The summed E-state index contributed by atoms with van der Waals surface area (Å²) >= 11 is 0. The Morgan fingerprint density at radius 2 is 1.76 bits per heavy atom. The lowest BCUT2D eigenvalue weighted by atomic mass is 10.1. The maximum absolute atomic E-state index is 13.3. The van der Waals surface area contributed by atoms with Crippen molar-refractivity contribution < 1.29 is 22.7 Å². The molecule has 34 heavy (non-hydrogen) atoms. The third kappa shape index (κ3) is 3.87. The highest BCUT2D eigenvalue weighted by Gasteiger charge is 2.33. The van der Waals surface area contributed by atoms with Gasteiger partial charge in [0.1, 0.15) is 19.3 Å². The Hall–Kier alpha value is -3.88. The number of piperazine rings is 1. The zero-order valence-electron chi connectivity index (χ0n) is 18.1. The summed E-state index contributed by atoms with van der Waals surface area (Å²) in [7, 11) is -3.84. The van der Waals surface area contributed by atoms with E-state index in [4.69, 9.17) is 9.47 Å². The Balaban J connectivity index is 1.32. The van der Waals surface area contributed by atoms with E-state index in [1.54, 1.807) is 29.2 Å². The monoisotopic (exact) mass is 479 g/mol. The fraction of sp³-hybridized carbons (Fsp3) is 0.261. The number of carbonyl (C=O) groups excluding carboxylic acids is 1. The number of aromatic amines is 1. The number of aromatic nitrogens is 2. The second-order valence-electron chi connectivity index (χ2n) is 7.82. The van der Waals surface area contributed by atoms with Crippen molar-refractivity contribution in [2.24, 2.45) is 0 Å². The second kappa shape index (κ2) is 8.81. The smallest absolute Gasteiger partial charge is 0.257 e. The van der Waals surface area contributed by atoms with Crippen molar-refractivity contribution in [3.05, 3.63) is 59.8 Å². The molecule has 2 aliphatic heterocycles. The Bertz CT molecular complexity index is 1390. The van der Waals surface area contributed by atoms with Crippen molar-refractivity contribution in [3.8, 4) is 28.8 Å². The molecule has 1 N–H and O–H groups in total. The molecule has 2 aromatic carbocycles.